The van der Waals surface area contributed by atoms with Gasteiger partial charge in [-0.1, -0.05) is 50.4 Å². The number of amides is 1. The Hall–Kier alpha value is -1.93. The molecule has 1 aliphatic rings. The fourth-order valence-electron chi connectivity index (χ4n) is 3.57. The number of halogens is 3. The summed E-state index contributed by atoms with van der Waals surface area (Å²) in [7, 11) is 0. The van der Waals surface area contributed by atoms with Crippen LogP contribution < -0.4 is 5.32 Å². The SMILES string of the molecule is O=C(NCc1ccc(Cl)cc1Cl)C1CCN(Cc2nc(-c3ccc(Br)cc3)no2)CC1. The third-order valence-corrected chi connectivity index (χ3v) is 6.47. The van der Waals surface area contributed by atoms with Crippen molar-refractivity contribution in [1.29, 1.82) is 0 Å². The summed E-state index contributed by atoms with van der Waals surface area (Å²) in [5.41, 5.74) is 1.77. The molecule has 0 unspecified atom stereocenters. The van der Waals surface area contributed by atoms with Crippen LogP contribution in [0, 0.1) is 5.92 Å². The molecule has 2 aromatic carbocycles. The lowest BCUT2D eigenvalue weighted by molar-refractivity contribution is -0.126. The largest absolute Gasteiger partial charge is 0.352 e. The number of piperidine rings is 1. The Labute approximate surface area is 199 Å². The molecule has 0 aliphatic carbocycles. The van der Waals surface area contributed by atoms with Crippen LogP contribution >= 0.6 is 39.1 Å². The molecule has 0 atom stereocenters. The number of hydrogen-bond donors (Lipinski definition) is 1. The van der Waals surface area contributed by atoms with E-state index in [1.54, 1.807) is 12.1 Å². The van der Waals surface area contributed by atoms with Crippen molar-refractivity contribution in [2.75, 3.05) is 13.1 Å². The van der Waals surface area contributed by atoms with Crippen molar-refractivity contribution in [2.24, 2.45) is 5.92 Å². The molecule has 0 radical (unpaired) electrons. The lowest BCUT2D eigenvalue weighted by Crippen LogP contribution is -2.40. The zero-order valence-electron chi connectivity index (χ0n) is 16.7. The first kappa shape index (κ1) is 22.3. The van der Waals surface area contributed by atoms with E-state index in [0.29, 0.717) is 34.8 Å². The average molecular weight is 524 g/mol. The van der Waals surface area contributed by atoms with Gasteiger partial charge in [-0.3, -0.25) is 9.69 Å². The van der Waals surface area contributed by atoms with Gasteiger partial charge < -0.3 is 9.84 Å². The number of nitrogens with zero attached hydrogens (tertiary/aromatic N) is 3. The van der Waals surface area contributed by atoms with Crippen LogP contribution in [-0.4, -0.2) is 34.0 Å². The molecular weight excluding hydrogens is 503 g/mol. The lowest BCUT2D eigenvalue weighted by Gasteiger charge is -2.30. The van der Waals surface area contributed by atoms with E-state index >= 15 is 0 Å². The molecule has 4 rings (SSSR count). The minimum Gasteiger partial charge on any atom is -0.352 e. The molecule has 9 heteroatoms. The van der Waals surface area contributed by atoms with Crippen LogP contribution in [0.25, 0.3) is 11.4 Å². The van der Waals surface area contributed by atoms with Crippen LogP contribution in [-0.2, 0) is 17.9 Å². The maximum absolute atomic E-state index is 12.6. The molecule has 0 saturated carbocycles. The number of carbonyl (C=O) groups is 1. The Balaban J connectivity index is 1.25. The molecular formula is C22H21BrCl2N4O2. The fourth-order valence-corrected chi connectivity index (χ4v) is 4.31. The Kier molecular flexibility index (Phi) is 7.27. The van der Waals surface area contributed by atoms with Gasteiger partial charge in [-0.25, -0.2) is 0 Å². The van der Waals surface area contributed by atoms with Gasteiger partial charge in [0.1, 0.15) is 0 Å². The summed E-state index contributed by atoms with van der Waals surface area (Å²) in [6, 6.07) is 13.1. The third-order valence-electron chi connectivity index (χ3n) is 5.36. The van der Waals surface area contributed by atoms with Crippen LogP contribution in [0.3, 0.4) is 0 Å². The average Bonchev–Trinajstić information content (AvgIpc) is 3.22. The molecule has 1 saturated heterocycles. The van der Waals surface area contributed by atoms with Crippen molar-refractivity contribution in [1.82, 2.24) is 20.4 Å². The number of carbonyl (C=O) groups excluding carboxylic acids is 1. The van der Waals surface area contributed by atoms with E-state index in [0.717, 1.165) is 41.5 Å². The van der Waals surface area contributed by atoms with Gasteiger partial charge in [0, 0.05) is 32.5 Å². The Bertz CT molecular complexity index is 1050. The van der Waals surface area contributed by atoms with Crippen molar-refractivity contribution in [2.45, 2.75) is 25.9 Å². The van der Waals surface area contributed by atoms with E-state index in [-0.39, 0.29) is 11.8 Å². The molecule has 3 aromatic rings. The second kappa shape index (κ2) is 10.1. The predicted octanol–water partition coefficient (Wildman–Crippen LogP) is 5.33. The van der Waals surface area contributed by atoms with Crippen LogP contribution in [0.1, 0.15) is 24.3 Å². The van der Waals surface area contributed by atoms with Gasteiger partial charge in [0.05, 0.1) is 6.54 Å². The third kappa shape index (κ3) is 5.86. The van der Waals surface area contributed by atoms with E-state index in [1.165, 1.54) is 0 Å². The standard InChI is InChI=1S/C22H21BrCl2N4O2/c23-17-4-1-14(2-5-17)21-27-20(31-28-21)13-29-9-7-15(8-10-29)22(30)26-12-16-3-6-18(24)11-19(16)25/h1-6,11,15H,7-10,12-13H2,(H,26,30). The molecule has 6 nitrogen and oxygen atoms in total. The fraction of sp³-hybridized carbons (Fsp3) is 0.318. The Morgan fingerprint density at radius 1 is 1.16 bits per heavy atom. The molecule has 31 heavy (non-hydrogen) atoms. The highest BCUT2D eigenvalue weighted by molar-refractivity contribution is 9.10. The maximum Gasteiger partial charge on any atom is 0.241 e. The molecule has 1 amide bonds. The van der Waals surface area contributed by atoms with Crippen molar-refractivity contribution >= 4 is 45.0 Å². The quantitative estimate of drug-likeness (QED) is 0.472. The van der Waals surface area contributed by atoms with Crippen LogP contribution in [0.5, 0.6) is 0 Å². The summed E-state index contributed by atoms with van der Waals surface area (Å²) in [6.07, 6.45) is 1.57. The normalized spacial score (nSPS) is 15.2. The predicted molar refractivity (Wildman–Crippen MR) is 124 cm³/mol. The number of benzene rings is 2. The van der Waals surface area contributed by atoms with Crippen molar-refractivity contribution in [3.63, 3.8) is 0 Å². The number of aromatic nitrogens is 2. The van der Waals surface area contributed by atoms with Gasteiger partial charge in [-0.05, 0) is 67.9 Å². The summed E-state index contributed by atoms with van der Waals surface area (Å²) in [5, 5.41) is 8.21. The minimum atomic E-state index is -0.0108. The zero-order chi connectivity index (χ0) is 21.8. The second-order valence-corrected chi connectivity index (χ2v) is 9.28. The Morgan fingerprint density at radius 3 is 2.61 bits per heavy atom. The monoisotopic (exact) mass is 522 g/mol. The molecule has 1 fully saturated rings. The maximum atomic E-state index is 12.6. The van der Waals surface area contributed by atoms with Crippen LogP contribution in [0.15, 0.2) is 51.5 Å². The van der Waals surface area contributed by atoms with Crippen molar-refractivity contribution < 1.29 is 9.32 Å². The van der Waals surface area contributed by atoms with Gasteiger partial charge >= 0.3 is 0 Å². The number of rotatable bonds is 6. The lowest BCUT2D eigenvalue weighted by atomic mass is 9.96. The first-order valence-corrected chi connectivity index (χ1v) is 11.6. The molecule has 2 heterocycles. The van der Waals surface area contributed by atoms with Crippen LogP contribution in [0.2, 0.25) is 10.0 Å². The van der Waals surface area contributed by atoms with Gasteiger partial charge in [-0.2, -0.15) is 4.98 Å². The molecule has 0 bridgehead atoms. The van der Waals surface area contributed by atoms with Gasteiger partial charge in [0.15, 0.2) is 0 Å². The first-order valence-electron chi connectivity index (χ1n) is 10.0. The van der Waals surface area contributed by atoms with E-state index in [4.69, 9.17) is 27.7 Å². The number of hydrogen-bond acceptors (Lipinski definition) is 5. The minimum absolute atomic E-state index is 0.0108. The topological polar surface area (TPSA) is 71.3 Å². The summed E-state index contributed by atoms with van der Waals surface area (Å²) >= 11 is 15.5. The highest BCUT2D eigenvalue weighted by Crippen LogP contribution is 2.23. The van der Waals surface area contributed by atoms with Crippen LogP contribution in [0.4, 0.5) is 0 Å². The van der Waals surface area contributed by atoms with E-state index in [2.05, 4.69) is 36.3 Å². The molecule has 1 aromatic heterocycles. The van der Waals surface area contributed by atoms with Gasteiger partial charge in [-0.15, -0.1) is 0 Å². The first-order chi connectivity index (χ1) is 15.0. The summed E-state index contributed by atoms with van der Waals surface area (Å²) in [6.45, 7) is 2.58. The highest BCUT2D eigenvalue weighted by atomic mass is 79.9. The molecule has 1 aliphatic heterocycles. The number of nitrogens with one attached hydrogen (secondary N) is 1. The Morgan fingerprint density at radius 2 is 1.90 bits per heavy atom. The van der Waals surface area contributed by atoms with E-state index in [9.17, 15) is 4.79 Å². The van der Waals surface area contributed by atoms with E-state index < -0.39 is 0 Å². The highest BCUT2D eigenvalue weighted by Gasteiger charge is 2.26. The molecule has 1 N–H and O–H groups in total. The smallest absolute Gasteiger partial charge is 0.241 e. The molecule has 0 spiro atoms. The van der Waals surface area contributed by atoms with Gasteiger partial charge in [0.25, 0.3) is 0 Å². The van der Waals surface area contributed by atoms with E-state index in [1.807, 2.05) is 30.3 Å². The summed E-state index contributed by atoms with van der Waals surface area (Å²) < 4.78 is 6.42. The summed E-state index contributed by atoms with van der Waals surface area (Å²) in [4.78, 5) is 19.3. The zero-order valence-corrected chi connectivity index (χ0v) is 19.8. The summed E-state index contributed by atoms with van der Waals surface area (Å²) in [5.74, 6) is 1.21. The molecule has 162 valence electrons. The van der Waals surface area contributed by atoms with Crippen molar-refractivity contribution in [3.8, 4) is 11.4 Å². The van der Waals surface area contributed by atoms with Crippen molar-refractivity contribution in [3.05, 3.63) is 68.4 Å². The van der Waals surface area contributed by atoms with Gasteiger partial charge in [0.2, 0.25) is 17.6 Å². The second-order valence-electron chi connectivity index (χ2n) is 7.52. The number of likely N-dealkylation sites (tertiary alicyclic amines) is 1.